The van der Waals surface area contributed by atoms with Crippen LogP contribution in [0.5, 0.6) is 0 Å². The zero-order valence-corrected chi connectivity index (χ0v) is 12.1. The van der Waals surface area contributed by atoms with Crippen molar-refractivity contribution in [3.63, 3.8) is 0 Å². The lowest BCUT2D eigenvalue weighted by molar-refractivity contribution is 0.150. The van der Waals surface area contributed by atoms with Crippen LogP contribution in [0.15, 0.2) is 24.3 Å². The smallest absolute Gasteiger partial charge is 0.0626 e. The van der Waals surface area contributed by atoms with Crippen LogP contribution in [0.2, 0.25) is 5.02 Å². The van der Waals surface area contributed by atoms with E-state index in [2.05, 4.69) is 21.9 Å². The Bertz CT molecular complexity index is 377. The number of nitrogens with zero attached hydrogens (tertiary/aromatic N) is 2. The van der Waals surface area contributed by atoms with Gasteiger partial charge in [-0.3, -0.25) is 4.90 Å². The molecule has 1 atom stereocenters. The number of anilines is 1. The SMILES string of the molecule is COCC(N)CN1CCN(c2ccc(Cl)cc2)CC1. The second kappa shape index (κ2) is 7.10. The van der Waals surface area contributed by atoms with E-state index < -0.39 is 0 Å². The van der Waals surface area contributed by atoms with Gasteiger partial charge in [0.2, 0.25) is 0 Å². The van der Waals surface area contributed by atoms with Gasteiger partial charge in [-0.1, -0.05) is 11.6 Å². The maximum atomic E-state index is 5.98. The van der Waals surface area contributed by atoms with Crippen molar-refractivity contribution >= 4 is 17.3 Å². The van der Waals surface area contributed by atoms with Gasteiger partial charge in [-0.25, -0.2) is 0 Å². The quantitative estimate of drug-likeness (QED) is 0.888. The molecule has 1 fully saturated rings. The molecule has 0 radical (unpaired) electrons. The molecular weight excluding hydrogens is 262 g/mol. The zero-order chi connectivity index (χ0) is 13.7. The second-order valence-corrected chi connectivity index (χ2v) is 5.42. The zero-order valence-electron chi connectivity index (χ0n) is 11.4. The molecule has 1 aliphatic heterocycles. The van der Waals surface area contributed by atoms with Crippen LogP contribution in [0, 0.1) is 0 Å². The lowest BCUT2D eigenvalue weighted by atomic mass is 10.2. The van der Waals surface area contributed by atoms with E-state index in [1.165, 1.54) is 5.69 Å². The van der Waals surface area contributed by atoms with E-state index in [1.807, 2.05) is 12.1 Å². The Kier molecular flexibility index (Phi) is 5.45. The van der Waals surface area contributed by atoms with Crippen molar-refractivity contribution in [3.05, 3.63) is 29.3 Å². The van der Waals surface area contributed by atoms with Crippen LogP contribution >= 0.6 is 11.6 Å². The molecule has 0 aliphatic carbocycles. The van der Waals surface area contributed by atoms with E-state index in [4.69, 9.17) is 22.1 Å². The molecule has 1 saturated heterocycles. The summed E-state index contributed by atoms with van der Waals surface area (Å²) in [6.45, 7) is 5.67. The number of piperazine rings is 1. The molecule has 1 aliphatic rings. The fraction of sp³-hybridized carbons (Fsp3) is 0.571. The summed E-state index contributed by atoms with van der Waals surface area (Å²) in [5, 5.41) is 0.785. The van der Waals surface area contributed by atoms with Gasteiger partial charge in [-0.05, 0) is 24.3 Å². The maximum Gasteiger partial charge on any atom is 0.0626 e. The Morgan fingerprint density at radius 2 is 1.84 bits per heavy atom. The van der Waals surface area contributed by atoms with E-state index in [9.17, 15) is 0 Å². The third-order valence-corrected chi connectivity index (χ3v) is 3.69. The van der Waals surface area contributed by atoms with Gasteiger partial charge < -0.3 is 15.4 Å². The lowest BCUT2D eigenvalue weighted by Crippen LogP contribution is -2.50. The molecule has 0 bridgehead atoms. The van der Waals surface area contributed by atoms with Crippen molar-refractivity contribution in [2.24, 2.45) is 5.73 Å². The molecule has 0 spiro atoms. The van der Waals surface area contributed by atoms with Gasteiger partial charge in [0.05, 0.1) is 6.61 Å². The first-order chi connectivity index (χ1) is 9.19. The standard InChI is InChI=1S/C14H22ClN3O/c1-19-11-13(16)10-17-6-8-18(9-7-17)14-4-2-12(15)3-5-14/h2-5,13H,6-11,16H2,1H3. The van der Waals surface area contributed by atoms with Crippen molar-refractivity contribution < 1.29 is 4.74 Å². The predicted molar refractivity (Wildman–Crippen MR) is 80.0 cm³/mol. The topological polar surface area (TPSA) is 41.7 Å². The van der Waals surface area contributed by atoms with Crippen LogP contribution < -0.4 is 10.6 Å². The van der Waals surface area contributed by atoms with Gasteiger partial charge in [0.15, 0.2) is 0 Å². The minimum absolute atomic E-state index is 0.104. The molecule has 19 heavy (non-hydrogen) atoms. The Labute approximate surface area is 120 Å². The number of hydrogen-bond acceptors (Lipinski definition) is 4. The van der Waals surface area contributed by atoms with Crippen LogP contribution in [-0.2, 0) is 4.74 Å². The van der Waals surface area contributed by atoms with Crippen molar-refractivity contribution in [1.82, 2.24) is 4.90 Å². The highest BCUT2D eigenvalue weighted by atomic mass is 35.5. The molecule has 4 nitrogen and oxygen atoms in total. The first-order valence-corrected chi connectivity index (χ1v) is 7.04. The molecule has 1 aromatic carbocycles. The summed E-state index contributed by atoms with van der Waals surface area (Å²) in [6, 6.07) is 8.14. The van der Waals surface area contributed by atoms with Crippen LogP contribution in [0.4, 0.5) is 5.69 Å². The van der Waals surface area contributed by atoms with Crippen LogP contribution in [-0.4, -0.2) is 57.4 Å². The van der Waals surface area contributed by atoms with Crippen LogP contribution in [0.3, 0.4) is 0 Å². The summed E-state index contributed by atoms with van der Waals surface area (Å²) in [4.78, 5) is 4.78. The first kappa shape index (κ1) is 14.6. The largest absolute Gasteiger partial charge is 0.383 e. The van der Waals surface area contributed by atoms with Crippen molar-refractivity contribution in [3.8, 4) is 0 Å². The van der Waals surface area contributed by atoms with Gasteiger partial charge >= 0.3 is 0 Å². The Balaban J connectivity index is 1.80. The first-order valence-electron chi connectivity index (χ1n) is 6.66. The number of methoxy groups -OCH3 is 1. The highest BCUT2D eigenvalue weighted by Crippen LogP contribution is 2.19. The minimum atomic E-state index is 0.104. The van der Waals surface area contributed by atoms with E-state index in [0.29, 0.717) is 6.61 Å². The van der Waals surface area contributed by atoms with E-state index in [-0.39, 0.29) is 6.04 Å². The average Bonchev–Trinajstić information content (AvgIpc) is 2.41. The summed E-state index contributed by atoms with van der Waals surface area (Å²) in [5.74, 6) is 0. The van der Waals surface area contributed by atoms with Crippen molar-refractivity contribution in [1.29, 1.82) is 0 Å². The monoisotopic (exact) mass is 283 g/mol. The molecule has 2 N–H and O–H groups in total. The molecular formula is C14H22ClN3O. The van der Waals surface area contributed by atoms with Gasteiger partial charge in [-0.15, -0.1) is 0 Å². The van der Waals surface area contributed by atoms with Gasteiger partial charge in [0, 0.05) is 56.6 Å². The summed E-state index contributed by atoms with van der Waals surface area (Å²) in [7, 11) is 1.69. The Morgan fingerprint density at radius 3 is 2.42 bits per heavy atom. The van der Waals surface area contributed by atoms with Gasteiger partial charge in [-0.2, -0.15) is 0 Å². The number of halogens is 1. The summed E-state index contributed by atoms with van der Waals surface area (Å²) >= 11 is 5.91. The summed E-state index contributed by atoms with van der Waals surface area (Å²) < 4.78 is 5.07. The molecule has 1 aromatic rings. The molecule has 1 heterocycles. The fourth-order valence-corrected chi connectivity index (χ4v) is 2.56. The van der Waals surface area contributed by atoms with Crippen LogP contribution in [0.25, 0.3) is 0 Å². The fourth-order valence-electron chi connectivity index (χ4n) is 2.44. The molecule has 2 rings (SSSR count). The molecule has 0 saturated carbocycles. The third-order valence-electron chi connectivity index (χ3n) is 3.44. The lowest BCUT2D eigenvalue weighted by Gasteiger charge is -2.37. The molecule has 1 unspecified atom stereocenters. The number of hydrogen-bond donors (Lipinski definition) is 1. The number of rotatable bonds is 5. The molecule has 106 valence electrons. The number of benzene rings is 1. The highest BCUT2D eigenvalue weighted by molar-refractivity contribution is 6.30. The minimum Gasteiger partial charge on any atom is -0.383 e. The molecule has 0 aromatic heterocycles. The Morgan fingerprint density at radius 1 is 1.21 bits per heavy atom. The summed E-state index contributed by atoms with van der Waals surface area (Å²) in [5.41, 5.74) is 7.22. The molecule has 5 heteroatoms. The van der Waals surface area contributed by atoms with Crippen LogP contribution in [0.1, 0.15) is 0 Å². The maximum absolute atomic E-state index is 5.98. The van der Waals surface area contributed by atoms with Gasteiger partial charge in [0.25, 0.3) is 0 Å². The number of ether oxygens (including phenoxy) is 1. The normalized spacial score (nSPS) is 18.6. The predicted octanol–water partition coefficient (Wildman–Crippen LogP) is 1.44. The highest BCUT2D eigenvalue weighted by Gasteiger charge is 2.18. The Hall–Kier alpha value is -0.810. The third kappa shape index (κ3) is 4.35. The van der Waals surface area contributed by atoms with E-state index in [1.54, 1.807) is 7.11 Å². The average molecular weight is 284 g/mol. The second-order valence-electron chi connectivity index (χ2n) is 4.98. The summed E-state index contributed by atoms with van der Waals surface area (Å²) in [6.07, 6.45) is 0. The van der Waals surface area contributed by atoms with Crippen molar-refractivity contribution in [2.75, 3.05) is 51.3 Å². The van der Waals surface area contributed by atoms with E-state index >= 15 is 0 Å². The number of nitrogens with two attached hydrogens (primary N) is 1. The molecule has 0 amide bonds. The van der Waals surface area contributed by atoms with Gasteiger partial charge in [0.1, 0.15) is 0 Å². The van der Waals surface area contributed by atoms with E-state index in [0.717, 1.165) is 37.7 Å². The van der Waals surface area contributed by atoms with Crippen molar-refractivity contribution in [2.45, 2.75) is 6.04 Å².